The number of hydrogen-bond acceptors (Lipinski definition) is 3. The molecule has 1 heterocycles. The minimum absolute atomic E-state index is 0.276. The van der Waals surface area contributed by atoms with Crippen LogP contribution in [0.15, 0.2) is 0 Å². The predicted octanol–water partition coefficient (Wildman–Crippen LogP) is 2.57. The van der Waals surface area contributed by atoms with E-state index < -0.39 is 0 Å². The third-order valence-electron chi connectivity index (χ3n) is 3.35. The summed E-state index contributed by atoms with van der Waals surface area (Å²) in [6, 6.07) is 0.276. The molecule has 1 aliphatic rings. The molecule has 0 aliphatic heterocycles. The lowest BCUT2D eigenvalue weighted by atomic mass is 10.1. The third-order valence-corrected chi connectivity index (χ3v) is 3.61. The number of hydrogen-bond donors (Lipinski definition) is 0. The van der Waals surface area contributed by atoms with Crippen LogP contribution in [0.4, 0.5) is 0 Å². The number of aromatic nitrogens is 3. The highest BCUT2D eigenvalue weighted by Gasteiger charge is 2.27. The average Bonchev–Trinajstić information content (AvgIpc) is 3.06. The average molecular weight is 258 g/mol. The largest absolute Gasteiger partial charge is 0.382 e. The Hall–Kier alpha value is -0.610. The van der Waals surface area contributed by atoms with E-state index in [1.54, 1.807) is 7.11 Å². The fourth-order valence-electron chi connectivity index (χ4n) is 2.10. The van der Waals surface area contributed by atoms with Crippen LogP contribution in [0.3, 0.4) is 0 Å². The summed E-state index contributed by atoms with van der Waals surface area (Å²) in [5.41, 5.74) is 2.15. The van der Waals surface area contributed by atoms with Crippen LogP contribution in [0.25, 0.3) is 0 Å². The van der Waals surface area contributed by atoms with E-state index in [1.807, 2.05) is 4.68 Å². The van der Waals surface area contributed by atoms with E-state index in [0.29, 0.717) is 12.5 Å². The van der Waals surface area contributed by atoms with Crippen molar-refractivity contribution in [2.75, 3.05) is 13.7 Å². The predicted molar refractivity (Wildman–Crippen MR) is 67.2 cm³/mol. The molecule has 1 aliphatic carbocycles. The van der Waals surface area contributed by atoms with Crippen LogP contribution in [0.2, 0.25) is 0 Å². The van der Waals surface area contributed by atoms with Gasteiger partial charge >= 0.3 is 0 Å². The molecule has 1 aromatic rings. The first kappa shape index (κ1) is 12.8. The van der Waals surface area contributed by atoms with Crippen LogP contribution in [0.1, 0.15) is 43.6 Å². The first-order chi connectivity index (χ1) is 8.30. The van der Waals surface area contributed by atoms with Crippen LogP contribution in [0, 0.1) is 5.92 Å². The Morgan fingerprint density at radius 1 is 1.53 bits per heavy atom. The summed E-state index contributed by atoms with van der Waals surface area (Å²) in [7, 11) is 1.72. The van der Waals surface area contributed by atoms with Crippen LogP contribution in [-0.4, -0.2) is 28.7 Å². The normalized spacial score (nSPS) is 17.4. The maximum atomic E-state index is 5.93. The topological polar surface area (TPSA) is 39.9 Å². The van der Waals surface area contributed by atoms with Gasteiger partial charge in [-0.2, -0.15) is 0 Å². The van der Waals surface area contributed by atoms with E-state index >= 15 is 0 Å². The van der Waals surface area contributed by atoms with E-state index in [9.17, 15) is 0 Å². The van der Waals surface area contributed by atoms with Crippen molar-refractivity contribution in [3.8, 4) is 0 Å². The molecule has 17 heavy (non-hydrogen) atoms. The smallest absolute Gasteiger partial charge is 0.101 e. The lowest BCUT2D eigenvalue weighted by Crippen LogP contribution is -2.18. The quantitative estimate of drug-likeness (QED) is 0.705. The molecule has 1 aromatic heterocycles. The fraction of sp³-hybridized carbons (Fsp3) is 0.833. The second-order valence-corrected chi connectivity index (χ2v) is 4.99. The van der Waals surface area contributed by atoms with Crippen molar-refractivity contribution in [1.29, 1.82) is 0 Å². The summed E-state index contributed by atoms with van der Waals surface area (Å²) >= 11 is 5.93. The number of halogens is 1. The highest BCUT2D eigenvalue weighted by Crippen LogP contribution is 2.34. The number of methoxy groups -OCH3 is 1. The highest BCUT2D eigenvalue weighted by molar-refractivity contribution is 6.16. The van der Waals surface area contributed by atoms with Gasteiger partial charge in [0.1, 0.15) is 5.69 Å². The molecule has 0 bridgehead atoms. The van der Waals surface area contributed by atoms with E-state index in [4.69, 9.17) is 16.3 Å². The van der Waals surface area contributed by atoms with Gasteiger partial charge in [-0.15, -0.1) is 16.7 Å². The van der Waals surface area contributed by atoms with E-state index in [2.05, 4.69) is 17.2 Å². The fourth-order valence-corrected chi connectivity index (χ4v) is 2.31. The van der Waals surface area contributed by atoms with Gasteiger partial charge in [-0.3, -0.25) is 0 Å². The summed E-state index contributed by atoms with van der Waals surface area (Å²) in [6.07, 6.45) is 4.72. The summed E-state index contributed by atoms with van der Waals surface area (Å²) in [4.78, 5) is 0. The Kier molecular flexibility index (Phi) is 4.40. The van der Waals surface area contributed by atoms with Gasteiger partial charge in [0.15, 0.2) is 0 Å². The summed E-state index contributed by atoms with van der Waals surface area (Å²) in [5, 5.41) is 8.45. The van der Waals surface area contributed by atoms with Crippen molar-refractivity contribution in [3.05, 3.63) is 11.4 Å². The Labute approximate surface area is 107 Å². The number of ether oxygens (including phenoxy) is 1. The molecule has 4 nitrogen and oxygen atoms in total. The second-order valence-electron chi connectivity index (χ2n) is 4.73. The molecular weight excluding hydrogens is 238 g/mol. The SMILES string of the molecule is CCC(COC)n1nnc(CCl)c1CC1CC1. The molecule has 0 radical (unpaired) electrons. The molecule has 0 amide bonds. The zero-order chi connectivity index (χ0) is 12.3. The van der Waals surface area contributed by atoms with Gasteiger partial charge < -0.3 is 4.74 Å². The van der Waals surface area contributed by atoms with Crippen molar-refractivity contribution in [2.24, 2.45) is 5.92 Å². The molecule has 0 saturated heterocycles. The van der Waals surface area contributed by atoms with Gasteiger partial charge in [0, 0.05) is 7.11 Å². The second kappa shape index (κ2) is 5.83. The Morgan fingerprint density at radius 3 is 2.82 bits per heavy atom. The van der Waals surface area contributed by atoms with Gasteiger partial charge in [-0.1, -0.05) is 12.1 Å². The van der Waals surface area contributed by atoms with Crippen molar-refractivity contribution < 1.29 is 4.74 Å². The van der Waals surface area contributed by atoms with Crippen LogP contribution in [-0.2, 0) is 17.0 Å². The third kappa shape index (κ3) is 2.99. The first-order valence-corrected chi connectivity index (χ1v) is 6.81. The van der Waals surface area contributed by atoms with Gasteiger partial charge in [0.2, 0.25) is 0 Å². The van der Waals surface area contributed by atoms with Crippen molar-refractivity contribution in [2.45, 2.75) is 44.5 Å². The minimum atomic E-state index is 0.276. The molecular formula is C12H20ClN3O. The molecule has 1 atom stereocenters. The monoisotopic (exact) mass is 257 g/mol. The van der Waals surface area contributed by atoms with Crippen molar-refractivity contribution in [1.82, 2.24) is 15.0 Å². The molecule has 0 N–H and O–H groups in total. The standard InChI is InChI=1S/C12H20ClN3O/c1-3-10(8-17-2)16-12(6-9-4-5-9)11(7-13)14-15-16/h9-10H,3-8H2,1-2H3. The van der Waals surface area contributed by atoms with Gasteiger partial charge in [0.05, 0.1) is 24.2 Å². The first-order valence-electron chi connectivity index (χ1n) is 6.28. The van der Waals surface area contributed by atoms with Crippen molar-refractivity contribution >= 4 is 11.6 Å². The Bertz CT molecular complexity index is 363. The van der Waals surface area contributed by atoms with Crippen LogP contribution in [0.5, 0.6) is 0 Å². The summed E-state index contributed by atoms with van der Waals surface area (Å²) < 4.78 is 7.27. The molecule has 0 aromatic carbocycles. The van der Waals surface area contributed by atoms with Crippen molar-refractivity contribution in [3.63, 3.8) is 0 Å². The lowest BCUT2D eigenvalue weighted by molar-refractivity contribution is 0.144. The van der Waals surface area contributed by atoms with Crippen LogP contribution >= 0.6 is 11.6 Å². The Morgan fingerprint density at radius 2 is 2.29 bits per heavy atom. The van der Waals surface area contributed by atoms with Gasteiger partial charge in [-0.05, 0) is 31.6 Å². The molecule has 2 rings (SSSR count). The molecule has 0 spiro atoms. The summed E-state index contributed by atoms with van der Waals surface area (Å²) in [5.74, 6) is 1.26. The Balaban J connectivity index is 2.20. The van der Waals surface area contributed by atoms with E-state index in [0.717, 1.165) is 24.5 Å². The highest BCUT2D eigenvalue weighted by atomic mass is 35.5. The molecule has 1 fully saturated rings. The summed E-state index contributed by atoms with van der Waals surface area (Å²) in [6.45, 7) is 2.83. The van der Waals surface area contributed by atoms with Gasteiger partial charge in [-0.25, -0.2) is 4.68 Å². The van der Waals surface area contributed by atoms with Crippen LogP contribution < -0.4 is 0 Å². The zero-order valence-corrected chi connectivity index (χ0v) is 11.3. The van der Waals surface area contributed by atoms with Gasteiger partial charge in [0.25, 0.3) is 0 Å². The maximum Gasteiger partial charge on any atom is 0.101 e. The number of alkyl halides is 1. The molecule has 1 unspecified atom stereocenters. The minimum Gasteiger partial charge on any atom is -0.382 e. The molecule has 5 heteroatoms. The van der Waals surface area contributed by atoms with E-state index in [1.165, 1.54) is 18.5 Å². The lowest BCUT2D eigenvalue weighted by Gasteiger charge is -2.17. The number of nitrogens with zero attached hydrogens (tertiary/aromatic N) is 3. The molecule has 96 valence electrons. The zero-order valence-electron chi connectivity index (χ0n) is 10.5. The number of rotatable bonds is 7. The van der Waals surface area contributed by atoms with E-state index in [-0.39, 0.29) is 6.04 Å². The molecule has 1 saturated carbocycles. The maximum absolute atomic E-state index is 5.93.